The number of esters is 6. The first-order chi connectivity index (χ1) is 58.6. The molecule has 14 bridgehead atoms. The molecule has 12 nitrogen and oxygen atoms in total. The van der Waals surface area contributed by atoms with Gasteiger partial charge in [-0.25, -0.2) is 0 Å². The van der Waals surface area contributed by atoms with Gasteiger partial charge in [0.25, 0.3) is 0 Å². The van der Waals surface area contributed by atoms with Crippen molar-refractivity contribution in [3.8, 4) is 0 Å². The number of rotatable bonds is 21. The first-order valence-corrected chi connectivity index (χ1v) is 54.0. The monoisotopic (exact) mass is 1750 g/mol. The maximum atomic E-state index is 12.9. The standard InChI is InChI=1S/C21H34O2.C20H32O2.C19H30O2.C19H34O2.C17H28O2.C17H30O2.CH4/c1-6-20(4,5)19(22)23-21(12(2)3)11-15-10-16(21)18-14-8-7-13(9-14)17(15)18;1-5-19(3,4)18(21)22-20(6-2)11-14-10-15(20)17-13-8-7-12(9-13)16(14)17;1-5-18(2,3)17(20)21-19(4)10-13-9-14(19)16-12-7-6-11(8-12)15(13)16;1-6-18(4,5)17(20)21-19(14(2)3)12-11-15-9-7-8-10-16(15)13-19;1-5-16(2,3)15(18)19-17(4)10-11-9-14(17)13-8-6-7-12(11)13;1-5-16(2,3)15(18)19-17(4)12-8-10-13-9-6-7-11-14(13)17;/h12-18H,6-11H2,1-5H3;12-17H,5-11H2,1-4H3;11-16H,5-10H2,1-4H3;14-16H,6-13H2,1-5H3;11-14H,5-10H2,1-4H3;13-14H,5-12H2,1-4H3;1H4. The number of fused-ring (bicyclic) bond motifs is 34. The molecule has 0 spiro atoms. The smallest absolute Gasteiger partial charge is 0.312 e. The molecule has 19 aliphatic carbocycles. The van der Waals surface area contributed by atoms with E-state index in [1.54, 1.807) is 0 Å². The molecule has 19 rings (SSSR count). The van der Waals surface area contributed by atoms with E-state index in [0.29, 0.717) is 41.4 Å². The van der Waals surface area contributed by atoms with E-state index < -0.39 is 0 Å². The molecular formula is C114H192O12. The zero-order valence-electron chi connectivity index (χ0n) is 85.1. The second-order valence-electron chi connectivity index (χ2n) is 52.5. The van der Waals surface area contributed by atoms with Crippen LogP contribution < -0.4 is 0 Å². The highest BCUT2D eigenvalue weighted by atomic mass is 16.6. The second kappa shape index (κ2) is 37.5. The van der Waals surface area contributed by atoms with E-state index in [4.69, 9.17) is 28.4 Å². The molecule has 32 atom stereocenters. The van der Waals surface area contributed by atoms with Gasteiger partial charge in [-0.1, -0.05) is 135 Å². The summed E-state index contributed by atoms with van der Waals surface area (Å²) in [5, 5.41) is 0. The van der Waals surface area contributed by atoms with Crippen LogP contribution in [0.5, 0.6) is 0 Å². The van der Waals surface area contributed by atoms with Crippen LogP contribution in [0.15, 0.2) is 0 Å². The predicted molar refractivity (Wildman–Crippen MR) is 509 cm³/mol. The molecule has 32 unspecified atom stereocenters. The Bertz CT molecular complexity index is 3780. The molecule has 0 aromatic heterocycles. The van der Waals surface area contributed by atoms with Crippen LogP contribution >= 0.6 is 0 Å². The lowest BCUT2D eigenvalue weighted by Gasteiger charge is -2.49. The molecule has 19 fully saturated rings. The quantitative estimate of drug-likeness (QED) is 0.0609. The predicted octanol–water partition coefficient (Wildman–Crippen LogP) is 29.2. The lowest BCUT2D eigenvalue weighted by atomic mass is 9.63. The van der Waals surface area contributed by atoms with E-state index in [1.807, 2.05) is 83.1 Å². The first-order valence-electron chi connectivity index (χ1n) is 54.0. The Morgan fingerprint density at radius 3 is 1.13 bits per heavy atom. The molecule has 126 heavy (non-hydrogen) atoms. The summed E-state index contributed by atoms with van der Waals surface area (Å²) >= 11 is 0. The van der Waals surface area contributed by atoms with Gasteiger partial charge >= 0.3 is 35.8 Å². The summed E-state index contributed by atoms with van der Waals surface area (Å²) in [5.41, 5.74) is -3.08. The van der Waals surface area contributed by atoms with Crippen LogP contribution in [0.1, 0.15) is 451 Å². The van der Waals surface area contributed by atoms with Gasteiger partial charge in [-0.2, -0.15) is 0 Å². The number of hydrogen-bond donors (Lipinski definition) is 0. The molecular weight excluding hydrogens is 1560 g/mol. The molecule has 0 saturated heterocycles. The highest BCUT2D eigenvalue weighted by molar-refractivity contribution is 5.79. The topological polar surface area (TPSA) is 158 Å². The Kier molecular flexibility index (Phi) is 29.8. The molecule has 0 aromatic rings. The second-order valence-corrected chi connectivity index (χ2v) is 52.5. The fraction of sp³-hybridized carbons (Fsp3) is 0.947. The van der Waals surface area contributed by atoms with Crippen molar-refractivity contribution < 1.29 is 57.2 Å². The van der Waals surface area contributed by atoms with Crippen molar-refractivity contribution in [2.75, 3.05) is 0 Å². The molecule has 0 aromatic carbocycles. The summed E-state index contributed by atoms with van der Waals surface area (Å²) in [7, 11) is 0. The minimum absolute atomic E-state index is 0. The molecule has 0 heterocycles. The van der Waals surface area contributed by atoms with E-state index >= 15 is 0 Å². The molecule has 19 aliphatic rings. The van der Waals surface area contributed by atoms with Gasteiger partial charge in [0.1, 0.15) is 33.6 Å². The van der Waals surface area contributed by atoms with Crippen molar-refractivity contribution in [3.63, 3.8) is 0 Å². The Hall–Kier alpha value is -3.18. The molecule has 0 radical (unpaired) electrons. The van der Waals surface area contributed by atoms with Crippen molar-refractivity contribution >= 4 is 35.8 Å². The Morgan fingerprint density at radius 2 is 0.643 bits per heavy atom. The van der Waals surface area contributed by atoms with Gasteiger partial charge in [0.05, 0.1) is 32.5 Å². The number of carbonyl (C=O) groups is 6. The fourth-order valence-electron chi connectivity index (χ4n) is 33.2. The SMILES string of the molecule is C.CCC(C)(C)C(=O)OC1(C(C)C)CC2CC1C1C3CCC(C3)C21.CCC(C)(C)C(=O)OC1(C(C)C)CCC2CCCCC2C1.CCC(C)(C)C(=O)OC1(C)CC2CC1C1C3CCC(C3)C21.CCC(C)(C)C(=O)OC1(C)CC2CC1C1CCCC21.CCC(C)(C)C(=O)OC1(C)CCCC2CCCCC21.CCC(C)(C)C(=O)OC1(CC)CC2CC1C1C3CCC(C3)C21. The van der Waals surface area contributed by atoms with Crippen molar-refractivity contribution in [2.45, 2.75) is 484 Å². The summed E-state index contributed by atoms with van der Waals surface area (Å²) in [6, 6.07) is 0. The highest BCUT2D eigenvalue weighted by Gasteiger charge is 2.72. The van der Waals surface area contributed by atoms with Gasteiger partial charge in [-0.05, 0) is 452 Å². The minimum Gasteiger partial charge on any atom is -0.459 e. The molecule has 0 amide bonds. The highest BCUT2D eigenvalue weighted by Crippen LogP contribution is 2.75. The summed E-state index contributed by atoms with van der Waals surface area (Å²) in [6.45, 7) is 54.6. The van der Waals surface area contributed by atoms with Gasteiger partial charge in [0.2, 0.25) is 0 Å². The van der Waals surface area contributed by atoms with Crippen molar-refractivity contribution in [2.24, 2.45) is 198 Å². The average Bonchev–Trinajstić information content (AvgIpc) is 1.56. The Balaban J connectivity index is 0.000000130. The van der Waals surface area contributed by atoms with Gasteiger partial charge in [-0.15, -0.1) is 0 Å². The number of ether oxygens (including phenoxy) is 6. The van der Waals surface area contributed by atoms with E-state index in [0.717, 1.165) is 214 Å². The normalized spacial score (nSPS) is 43.2. The van der Waals surface area contributed by atoms with E-state index in [2.05, 4.69) is 96.9 Å². The maximum Gasteiger partial charge on any atom is 0.312 e. The molecule has 12 heteroatoms. The lowest BCUT2D eigenvalue weighted by Crippen LogP contribution is -2.52. The van der Waals surface area contributed by atoms with Crippen molar-refractivity contribution in [1.82, 2.24) is 0 Å². The summed E-state index contributed by atoms with van der Waals surface area (Å²) in [4.78, 5) is 75.6. The molecule has 0 N–H and O–H groups in total. The third-order valence-corrected chi connectivity index (χ3v) is 43.2. The minimum atomic E-state index is -0.356. The summed E-state index contributed by atoms with van der Waals surface area (Å²) < 4.78 is 37.2. The zero-order valence-corrected chi connectivity index (χ0v) is 85.1. The van der Waals surface area contributed by atoms with Crippen LogP contribution in [0.2, 0.25) is 0 Å². The largest absolute Gasteiger partial charge is 0.459 e. The molecule has 720 valence electrons. The Morgan fingerprint density at radius 1 is 0.278 bits per heavy atom. The van der Waals surface area contributed by atoms with Crippen LogP contribution in [0.25, 0.3) is 0 Å². The maximum absolute atomic E-state index is 12.9. The van der Waals surface area contributed by atoms with Crippen LogP contribution in [0, 0.1) is 198 Å². The third-order valence-electron chi connectivity index (χ3n) is 43.2. The van der Waals surface area contributed by atoms with E-state index in [1.165, 1.54) is 173 Å². The van der Waals surface area contributed by atoms with E-state index in [-0.39, 0.29) is 109 Å². The zero-order chi connectivity index (χ0) is 90.9. The van der Waals surface area contributed by atoms with Crippen LogP contribution in [-0.2, 0) is 57.2 Å². The van der Waals surface area contributed by atoms with Crippen LogP contribution in [-0.4, -0.2) is 69.4 Å². The first kappa shape index (κ1) is 100. The number of carbonyl (C=O) groups excluding carboxylic acids is 6. The van der Waals surface area contributed by atoms with Gasteiger partial charge in [0.15, 0.2) is 0 Å². The average molecular weight is 1750 g/mol. The van der Waals surface area contributed by atoms with Gasteiger partial charge in [-0.3, -0.25) is 28.8 Å². The molecule has 0 aliphatic heterocycles. The third kappa shape index (κ3) is 18.4. The van der Waals surface area contributed by atoms with Crippen molar-refractivity contribution in [1.29, 1.82) is 0 Å². The van der Waals surface area contributed by atoms with Crippen molar-refractivity contribution in [3.05, 3.63) is 0 Å². The van der Waals surface area contributed by atoms with Gasteiger partial charge < -0.3 is 28.4 Å². The van der Waals surface area contributed by atoms with E-state index in [9.17, 15) is 28.8 Å². The Labute approximate surface area is 771 Å². The summed E-state index contributed by atoms with van der Waals surface area (Å²) in [6.07, 6.45) is 51.2. The molecule has 19 saturated carbocycles. The summed E-state index contributed by atoms with van der Waals surface area (Å²) in [5.74, 6) is 23.3. The van der Waals surface area contributed by atoms with Crippen LogP contribution in [0.4, 0.5) is 0 Å². The van der Waals surface area contributed by atoms with Gasteiger partial charge in [0, 0.05) is 29.6 Å². The fourth-order valence-corrected chi connectivity index (χ4v) is 33.2. The number of hydrogen-bond acceptors (Lipinski definition) is 12. The lowest BCUT2D eigenvalue weighted by molar-refractivity contribution is -0.191. The van der Waals surface area contributed by atoms with Crippen LogP contribution in [0.3, 0.4) is 0 Å².